The molecule has 1 fully saturated rings. The summed E-state index contributed by atoms with van der Waals surface area (Å²) in [6, 6.07) is 15.4. The molecular weight excluding hydrogens is 354 g/mol. The number of ether oxygens (including phenoxy) is 1. The Morgan fingerprint density at radius 1 is 1.21 bits per heavy atom. The molecule has 3 rings (SSSR count). The van der Waals surface area contributed by atoms with E-state index in [4.69, 9.17) is 12.6 Å². The van der Waals surface area contributed by atoms with Crippen LogP contribution in [0.5, 0.6) is 0 Å². The first-order valence-electron chi connectivity index (χ1n) is 9.35. The second kappa shape index (κ2) is 8.06. The predicted molar refractivity (Wildman–Crippen MR) is 106 cm³/mol. The van der Waals surface area contributed by atoms with Crippen LogP contribution in [0, 0.1) is 23.1 Å². The Kier molecular flexibility index (Phi) is 5.74. The molecule has 1 heterocycles. The average Bonchev–Trinajstić information content (AvgIpc) is 2.68. The molecule has 0 aliphatic carbocycles. The first-order valence-corrected chi connectivity index (χ1v) is 9.35. The summed E-state index contributed by atoms with van der Waals surface area (Å²) in [5.41, 5.74) is 1.41. The van der Waals surface area contributed by atoms with Crippen molar-refractivity contribution in [3.8, 4) is 6.07 Å². The van der Waals surface area contributed by atoms with Crippen molar-refractivity contribution in [2.75, 3.05) is 6.54 Å². The third-order valence-corrected chi connectivity index (χ3v) is 5.39. The molecule has 1 aliphatic rings. The number of cyclic esters (lactones) is 1. The quantitative estimate of drug-likeness (QED) is 0.742. The average molecular weight is 376 g/mol. The maximum absolute atomic E-state index is 13.4. The highest BCUT2D eigenvalue weighted by Gasteiger charge is 2.44. The number of rotatable bonds is 5. The summed E-state index contributed by atoms with van der Waals surface area (Å²) in [7, 11) is 5.74. The molecule has 0 aromatic heterocycles. The second-order valence-electron chi connectivity index (χ2n) is 7.39. The lowest BCUT2D eigenvalue weighted by atomic mass is 9.81. The lowest BCUT2D eigenvalue weighted by molar-refractivity contribution is -0.0697. The number of benzene rings is 2. The monoisotopic (exact) mass is 376 g/mol. The SMILES string of the molecule is [B]c1ccc([C@H](C)N2CC[C@](CC(C)C#N)(c3ccc(F)cc3)OC2=O)cc1. The van der Waals surface area contributed by atoms with Crippen LogP contribution < -0.4 is 5.46 Å². The summed E-state index contributed by atoms with van der Waals surface area (Å²) in [5.74, 6) is -0.660. The number of carbonyl (C=O) groups is 1. The molecule has 3 atom stereocenters. The fourth-order valence-electron chi connectivity index (χ4n) is 3.73. The lowest BCUT2D eigenvalue weighted by Gasteiger charge is -2.44. The van der Waals surface area contributed by atoms with Crippen LogP contribution >= 0.6 is 0 Å². The van der Waals surface area contributed by atoms with E-state index in [0.29, 0.717) is 30.4 Å². The fraction of sp³-hybridized carbons (Fsp3) is 0.364. The zero-order valence-corrected chi connectivity index (χ0v) is 16.1. The van der Waals surface area contributed by atoms with Crippen LogP contribution in [0.1, 0.15) is 43.9 Å². The molecule has 0 bridgehead atoms. The Labute approximate surface area is 166 Å². The van der Waals surface area contributed by atoms with Crippen LogP contribution in [0.3, 0.4) is 0 Å². The molecule has 1 unspecified atom stereocenters. The van der Waals surface area contributed by atoms with Crippen molar-refractivity contribution in [2.45, 2.75) is 38.3 Å². The Morgan fingerprint density at radius 3 is 2.43 bits per heavy atom. The fourth-order valence-corrected chi connectivity index (χ4v) is 3.73. The highest BCUT2D eigenvalue weighted by molar-refractivity contribution is 6.32. The number of hydrogen-bond donors (Lipinski definition) is 0. The van der Waals surface area contributed by atoms with E-state index in [0.717, 1.165) is 5.56 Å². The topological polar surface area (TPSA) is 53.3 Å². The molecule has 1 amide bonds. The van der Waals surface area contributed by atoms with Gasteiger partial charge in [0, 0.05) is 25.3 Å². The number of hydrogen-bond acceptors (Lipinski definition) is 3. The maximum atomic E-state index is 13.4. The van der Waals surface area contributed by atoms with Crippen molar-refractivity contribution in [1.29, 1.82) is 5.26 Å². The molecule has 0 saturated carbocycles. The number of nitrogens with zero attached hydrogens (tertiary/aromatic N) is 2. The van der Waals surface area contributed by atoms with Crippen LogP contribution in [0.25, 0.3) is 0 Å². The van der Waals surface area contributed by atoms with Gasteiger partial charge in [-0.3, -0.25) is 0 Å². The van der Waals surface area contributed by atoms with E-state index in [1.807, 2.05) is 19.1 Å². The van der Waals surface area contributed by atoms with E-state index in [2.05, 4.69) is 6.07 Å². The van der Waals surface area contributed by atoms with Gasteiger partial charge in [0.15, 0.2) is 0 Å². The summed E-state index contributed by atoms with van der Waals surface area (Å²) in [5, 5.41) is 9.28. The van der Waals surface area contributed by atoms with Crippen molar-refractivity contribution >= 4 is 19.4 Å². The van der Waals surface area contributed by atoms with E-state index < -0.39 is 11.7 Å². The smallest absolute Gasteiger partial charge is 0.411 e. The minimum Gasteiger partial charge on any atom is -0.438 e. The minimum absolute atomic E-state index is 0.173. The molecule has 142 valence electrons. The summed E-state index contributed by atoms with van der Waals surface area (Å²) >= 11 is 0. The lowest BCUT2D eigenvalue weighted by Crippen LogP contribution is -2.49. The molecule has 2 aromatic rings. The van der Waals surface area contributed by atoms with E-state index >= 15 is 0 Å². The molecule has 4 nitrogen and oxygen atoms in total. The summed E-state index contributed by atoms with van der Waals surface area (Å²) in [4.78, 5) is 14.6. The molecule has 1 aliphatic heterocycles. The Balaban J connectivity index is 1.86. The summed E-state index contributed by atoms with van der Waals surface area (Å²) < 4.78 is 19.3. The zero-order valence-electron chi connectivity index (χ0n) is 16.1. The number of halogens is 1. The van der Waals surface area contributed by atoms with Crippen molar-refractivity contribution < 1.29 is 13.9 Å². The van der Waals surface area contributed by atoms with Gasteiger partial charge in [-0.25, -0.2) is 9.18 Å². The van der Waals surface area contributed by atoms with E-state index in [1.165, 1.54) is 12.1 Å². The van der Waals surface area contributed by atoms with Gasteiger partial charge in [-0.1, -0.05) is 41.9 Å². The van der Waals surface area contributed by atoms with Crippen molar-refractivity contribution in [1.82, 2.24) is 4.90 Å². The van der Waals surface area contributed by atoms with Gasteiger partial charge in [-0.05, 0) is 37.1 Å². The van der Waals surface area contributed by atoms with E-state index in [-0.39, 0.29) is 17.8 Å². The molecule has 0 N–H and O–H groups in total. The largest absolute Gasteiger partial charge is 0.438 e. The zero-order chi connectivity index (χ0) is 20.3. The Hall–Kier alpha value is -2.81. The van der Waals surface area contributed by atoms with Crippen molar-refractivity contribution in [2.24, 2.45) is 5.92 Å². The second-order valence-corrected chi connectivity index (χ2v) is 7.39. The van der Waals surface area contributed by atoms with Gasteiger partial charge in [0.1, 0.15) is 19.3 Å². The molecule has 2 aromatic carbocycles. The van der Waals surface area contributed by atoms with Gasteiger partial charge in [0.05, 0.1) is 12.1 Å². The van der Waals surface area contributed by atoms with Gasteiger partial charge in [-0.15, -0.1) is 0 Å². The van der Waals surface area contributed by atoms with Crippen LogP contribution in [-0.2, 0) is 10.3 Å². The summed E-state index contributed by atoms with van der Waals surface area (Å²) in [6.07, 6.45) is 0.450. The highest BCUT2D eigenvalue weighted by atomic mass is 19.1. The van der Waals surface area contributed by atoms with Crippen LogP contribution in [0.4, 0.5) is 9.18 Å². The van der Waals surface area contributed by atoms with Gasteiger partial charge in [0.25, 0.3) is 0 Å². The molecule has 28 heavy (non-hydrogen) atoms. The van der Waals surface area contributed by atoms with E-state index in [9.17, 15) is 14.4 Å². The summed E-state index contributed by atoms with van der Waals surface area (Å²) in [6.45, 7) is 4.21. The minimum atomic E-state index is -0.933. The highest BCUT2D eigenvalue weighted by Crippen LogP contribution is 2.41. The van der Waals surface area contributed by atoms with Gasteiger partial charge in [0.2, 0.25) is 0 Å². The molecule has 2 radical (unpaired) electrons. The third kappa shape index (κ3) is 4.04. The van der Waals surface area contributed by atoms with Crippen LogP contribution in [-0.4, -0.2) is 25.4 Å². The first-order chi connectivity index (χ1) is 13.3. The molecular formula is C22H22BFN2O2. The van der Waals surface area contributed by atoms with Gasteiger partial charge in [-0.2, -0.15) is 5.26 Å². The van der Waals surface area contributed by atoms with Crippen molar-refractivity contribution in [3.63, 3.8) is 0 Å². The Bertz CT molecular complexity index is 879. The number of carbonyl (C=O) groups excluding carboxylic acids is 1. The maximum Gasteiger partial charge on any atom is 0.411 e. The molecule has 6 heteroatoms. The van der Waals surface area contributed by atoms with Gasteiger partial charge < -0.3 is 9.64 Å². The molecule has 1 saturated heterocycles. The number of amides is 1. The van der Waals surface area contributed by atoms with Crippen molar-refractivity contribution in [3.05, 3.63) is 65.5 Å². The number of nitriles is 1. The van der Waals surface area contributed by atoms with Gasteiger partial charge >= 0.3 is 6.09 Å². The standard InChI is InChI=1S/C22H22BFN2O2/c1-15(14-25)13-22(18-5-9-20(24)10-6-18)11-12-26(21(27)28-22)16(2)17-3-7-19(23)8-4-17/h3-10,15-16H,11-13H2,1-2H3/t15?,16-,22-/m0/s1. The first kappa shape index (κ1) is 19.9. The third-order valence-electron chi connectivity index (χ3n) is 5.39. The van der Waals surface area contributed by atoms with Crippen LogP contribution in [0.2, 0.25) is 0 Å². The van der Waals surface area contributed by atoms with Crippen LogP contribution in [0.15, 0.2) is 48.5 Å². The molecule has 0 spiro atoms. The Morgan fingerprint density at radius 2 is 1.86 bits per heavy atom. The van der Waals surface area contributed by atoms with E-state index in [1.54, 1.807) is 36.1 Å². The predicted octanol–water partition coefficient (Wildman–Crippen LogP) is 3.97. The normalized spacial score (nSPS) is 21.5.